The smallest absolute Gasteiger partial charge is 0.147 e. The van der Waals surface area contributed by atoms with Crippen LogP contribution in [0.15, 0.2) is 59.5 Å². The third-order valence-electron chi connectivity index (χ3n) is 4.66. The van der Waals surface area contributed by atoms with Crippen molar-refractivity contribution in [3.63, 3.8) is 0 Å². The maximum absolute atomic E-state index is 12.6. The van der Waals surface area contributed by atoms with Crippen molar-refractivity contribution in [2.75, 3.05) is 6.26 Å². The third-order valence-corrected chi connectivity index (χ3v) is 5.41. The van der Waals surface area contributed by atoms with E-state index >= 15 is 0 Å². The van der Waals surface area contributed by atoms with Crippen molar-refractivity contribution in [2.45, 2.75) is 30.6 Å². The molecule has 0 aliphatic heterocycles. The van der Waals surface area contributed by atoms with Gasteiger partial charge in [0.2, 0.25) is 0 Å². The van der Waals surface area contributed by atoms with Gasteiger partial charge in [0.25, 0.3) is 0 Å². The van der Waals surface area contributed by atoms with Gasteiger partial charge in [-0.15, -0.1) is 11.8 Å². The van der Waals surface area contributed by atoms with Gasteiger partial charge in [-0.1, -0.05) is 56.3 Å². The third kappa shape index (κ3) is 2.32. The Morgan fingerprint density at radius 3 is 2.10 bits per heavy atom. The summed E-state index contributed by atoms with van der Waals surface area (Å²) in [7, 11) is 0. The summed E-state index contributed by atoms with van der Waals surface area (Å²) in [6, 6.07) is 18.9. The fourth-order valence-electron chi connectivity index (χ4n) is 3.45. The van der Waals surface area contributed by atoms with Crippen LogP contribution in [0.1, 0.15) is 36.8 Å². The lowest BCUT2D eigenvalue weighted by Gasteiger charge is -2.50. The van der Waals surface area contributed by atoms with Crippen molar-refractivity contribution in [2.24, 2.45) is 5.41 Å². The molecule has 2 aromatic carbocycles. The molecule has 3 rings (SSSR count). The summed E-state index contributed by atoms with van der Waals surface area (Å²) in [5.74, 6) is 0.623. The number of rotatable bonds is 3. The molecule has 2 atom stereocenters. The second kappa shape index (κ2) is 5.34. The van der Waals surface area contributed by atoms with Crippen molar-refractivity contribution >= 4 is 17.5 Å². The van der Waals surface area contributed by atoms with Gasteiger partial charge in [0, 0.05) is 16.2 Å². The SMILES string of the molecule is CSc1ccc([C@H]2C(=O)C(C)(C)[C@@H]2c2ccccc2)cc1. The molecular weight excluding hydrogens is 276 g/mol. The van der Waals surface area contributed by atoms with E-state index in [1.807, 2.05) is 6.07 Å². The molecule has 0 amide bonds. The normalized spacial score (nSPS) is 23.7. The second-order valence-corrected chi connectivity index (χ2v) is 7.10. The summed E-state index contributed by atoms with van der Waals surface area (Å²) in [5, 5.41) is 0. The van der Waals surface area contributed by atoms with E-state index in [0.29, 0.717) is 5.78 Å². The number of carbonyl (C=O) groups is 1. The van der Waals surface area contributed by atoms with Crippen LogP contribution in [0.3, 0.4) is 0 Å². The lowest BCUT2D eigenvalue weighted by molar-refractivity contribution is -0.141. The summed E-state index contributed by atoms with van der Waals surface area (Å²) in [4.78, 5) is 13.9. The van der Waals surface area contributed by atoms with Crippen LogP contribution in [0, 0.1) is 5.41 Å². The fraction of sp³-hybridized carbons (Fsp3) is 0.316. The molecule has 1 aliphatic carbocycles. The van der Waals surface area contributed by atoms with Crippen LogP contribution in [-0.4, -0.2) is 12.0 Å². The van der Waals surface area contributed by atoms with Crippen molar-refractivity contribution in [3.05, 3.63) is 65.7 Å². The quantitative estimate of drug-likeness (QED) is 0.751. The number of hydrogen-bond acceptors (Lipinski definition) is 2. The maximum Gasteiger partial charge on any atom is 0.147 e. The van der Waals surface area contributed by atoms with Gasteiger partial charge in [-0.3, -0.25) is 4.79 Å². The molecule has 1 fully saturated rings. The molecule has 2 heteroatoms. The molecule has 0 bridgehead atoms. The lowest BCUT2D eigenvalue weighted by atomic mass is 9.51. The van der Waals surface area contributed by atoms with E-state index in [1.54, 1.807) is 11.8 Å². The van der Waals surface area contributed by atoms with Gasteiger partial charge in [0.05, 0.1) is 5.92 Å². The van der Waals surface area contributed by atoms with Crippen molar-refractivity contribution in [3.8, 4) is 0 Å². The molecule has 0 radical (unpaired) electrons. The van der Waals surface area contributed by atoms with Gasteiger partial charge in [0.15, 0.2) is 0 Å². The zero-order valence-corrected chi connectivity index (χ0v) is 13.5. The van der Waals surface area contributed by atoms with E-state index in [9.17, 15) is 4.79 Å². The minimum Gasteiger partial charge on any atom is -0.298 e. The van der Waals surface area contributed by atoms with Crippen LogP contribution in [0.25, 0.3) is 0 Å². The lowest BCUT2D eigenvalue weighted by Crippen LogP contribution is -2.50. The first-order valence-corrected chi connectivity index (χ1v) is 8.51. The number of Topliss-reactive ketones (excluding diaryl/α,β-unsaturated/α-hetero) is 1. The highest BCUT2D eigenvalue weighted by molar-refractivity contribution is 7.98. The van der Waals surface area contributed by atoms with E-state index < -0.39 is 0 Å². The first kappa shape index (κ1) is 14.4. The Hall–Kier alpha value is -1.54. The Labute approximate surface area is 130 Å². The maximum atomic E-state index is 12.6. The minimum atomic E-state index is -0.274. The molecule has 1 nitrogen and oxygen atoms in total. The molecule has 2 aromatic rings. The van der Waals surface area contributed by atoms with E-state index in [-0.39, 0.29) is 17.3 Å². The topological polar surface area (TPSA) is 17.1 Å². The molecule has 0 unspecified atom stereocenters. The Morgan fingerprint density at radius 1 is 0.905 bits per heavy atom. The molecule has 1 aliphatic rings. The summed E-state index contributed by atoms with van der Waals surface area (Å²) in [6.45, 7) is 4.14. The molecule has 108 valence electrons. The molecule has 21 heavy (non-hydrogen) atoms. The molecule has 0 N–H and O–H groups in total. The average Bonchev–Trinajstić information content (AvgIpc) is 2.52. The van der Waals surface area contributed by atoms with Crippen molar-refractivity contribution < 1.29 is 4.79 Å². The van der Waals surface area contributed by atoms with E-state index in [0.717, 1.165) is 5.56 Å². The number of hydrogen-bond donors (Lipinski definition) is 0. The average molecular weight is 296 g/mol. The van der Waals surface area contributed by atoms with E-state index in [2.05, 4.69) is 68.6 Å². The van der Waals surface area contributed by atoms with Crippen LogP contribution in [0.4, 0.5) is 0 Å². The first-order chi connectivity index (χ1) is 10.1. The zero-order chi connectivity index (χ0) is 15.0. The Bertz CT molecular complexity index is 643. The van der Waals surface area contributed by atoms with E-state index in [4.69, 9.17) is 0 Å². The molecule has 0 spiro atoms. The summed E-state index contributed by atoms with van der Waals surface area (Å²) in [6.07, 6.45) is 2.07. The summed E-state index contributed by atoms with van der Waals surface area (Å²) in [5.41, 5.74) is 2.14. The Balaban J connectivity index is 1.98. The minimum absolute atomic E-state index is 0.00157. The van der Waals surface area contributed by atoms with Crippen LogP contribution in [0.5, 0.6) is 0 Å². The molecule has 0 heterocycles. The number of carbonyl (C=O) groups excluding carboxylic acids is 1. The number of ketones is 1. The van der Waals surface area contributed by atoms with Gasteiger partial charge in [-0.25, -0.2) is 0 Å². The van der Waals surface area contributed by atoms with Crippen LogP contribution in [0.2, 0.25) is 0 Å². The molecule has 0 saturated heterocycles. The molecule has 1 saturated carbocycles. The van der Waals surface area contributed by atoms with Gasteiger partial charge in [0.1, 0.15) is 5.78 Å². The highest BCUT2D eigenvalue weighted by Crippen LogP contribution is 2.58. The van der Waals surface area contributed by atoms with Crippen molar-refractivity contribution in [1.82, 2.24) is 0 Å². The molecule has 0 aromatic heterocycles. The zero-order valence-electron chi connectivity index (χ0n) is 12.7. The monoisotopic (exact) mass is 296 g/mol. The summed E-state index contributed by atoms with van der Waals surface area (Å²) >= 11 is 1.73. The Morgan fingerprint density at radius 2 is 1.52 bits per heavy atom. The highest BCUT2D eigenvalue weighted by Gasteiger charge is 2.56. The van der Waals surface area contributed by atoms with Crippen LogP contribution >= 0.6 is 11.8 Å². The van der Waals surface area contributed by atoms with Crippen LogP contribution in [-0.2, 0) is 4.79 Å². The predicted octanol–water partition coefficient (Wildman–Crippen LogP) is 4.88. The Kier molecular flexibility index (Phi) is 3.66. The standard InChI is InChI=1S/C19H20OS/c1-19(2)17(14-7-5-4-6-8-14)16(18(19)20)13-9-11-15(21-3)12-10-13/h4-12,16-17H,1-3H3/t16-,17-/m1/s1. The van der Waals surface area contributed by atoms with Gasteiger partial charge in [-0.2, -0.15) is 0 Å². The number of thioether (sulfide) groups is 1. The van der Waals surface area contributed by atoms with Gasteiger partial charge < -0.3 is 0 Å². The largest absolute Gasteiger partial charge is 0.298 e. The van der Waals surface area contributed by atoms with Gasteiger partial charge in [-0.05, 0) is 29.5 Å². The van der Waals surface area contributed by atoms with Gasteiger partial charge >= 0.3 is 0 Å². The second-order valence-electron chi connectivity index (χ2n) is 6.23. The predicted molar refractivity (Wildman–Crippen MR) is 88.9 cm³/mol. The highest BCUT2D eigenvalue weighted by atomic mass is 32.2. The van der Waals surface area contributed by atoms with E-state index in [1.165, 1.54) is 10.5 Å². The summed E-state index contributed by atoms with van der Waals surface area (Å²) < 4.78 is 0. The van der Waals surface area contributed by atoms with Crippen molar-refractivity contribution in [1.29, 1.82) is 0 Å². The molecular formula is C19H20OS. The number of benzene rings is 2. The van der Waals surface area contributed by atoms with Crippen LogP contribution < -0.4 is 0 Å². The first-order valence-electron chi connectivity index (χ1n) is 7.29. The fourth-order valence-corrected chi connectivity index (χ4v) is 3.86.